The van der Waals surface area contributed by atoms with Crippen molar-refractivity contribution >= 4 is 5.91 Å². The molecule has 1 aromatic rings. The molecule has 3 aliphatic rings. The van der Waals surface area contributed by atoms with Crippen molar-refractivity contribution in [2.75, 3.05) is 6.79 Å². The van der Waals surface area contributed by atoms with Crippen molar-refractivity contribution in [3.05, 3.63) is 35.9 Å². The van der Waals surface area contributed by atoms with Crippen molar-refractivity contribution in [2.45, 2.75) is 24.5 Å². The van der Waals surface area contributed by atoms with E-state index in [1.165, 1.54) is 0 Å². The van der Waals surface area contributed by atoms with Crippen molar-refractivity contribution < 1.29 is 19.4 Å². The summed E-state index contributed by atoms with van der Waals surface area (Å²) < 4.78 is 10.7. The predicted molar refractivity (Wildman–Crippen MR) is 70.5 cm³/mol. The molecule has 1 aliphatic carbocycles. The van der Waals surface area contributed by atoms with Gasteiger partial charge in [-0.3, -0.25) is 4.79 Å². The second-order valence-corrected chi connectivity index (χ2v) is 5.48. The maximum atomic E-state index is 11.6. The molecule has 1 saturated heterocycles. The number of carbonyl (C=O) groups excluding carboxylic acids is 1. The summed E-state index contributed by atoms with van der Waals surface area (Å²) in [5.74, 6) is 1.50. The Morgan fingerprint density at radius 1 is 1.20 bits per heavy atom. The number of ether oxygens (including phenoxy) is 2. The first-order valence-corrected chi connectivity index (χ1v) is 6.78. The molecule has 0 radical (unpaired) electrons. The smallest absolute Gasteiger partial charge is 0.231 e. The van der Waals surface area contributed by atoms with Gasteiger partial charge in [0.15, 0.2) is 11.5 Å². The molecule has 20 heavy (non-hydrogen) atoms. The Kier molecular flexibility index (Phi) is 2.50. The lowest BCUT2D eigenvalue weighted by Crippen LogP contribution is -2.41. The monoisotopic (exact) mass is 273 g/mol. The molecule has 0 saturated carbocycles. The Balaban J connectivity index is 1.70. The highest BCUT2D eigenvalue weighted by Gasteiger charge is 2.43. The second-order valence-electron chi connectivity index (χ2n) is 5.48. The van der Waals surface area contributed by atoms with E-state index in [-0.39, 0.29) is 30.6 Å². The van der Waals surface area contributed by atoms with Crippen LogP contribution in [0.4, 0.5) is 0 Å². The van der Waals surface area contributed by atoms with Gasteiger partial charge in [-0.15, -0.1) is 0 Å². The van der Waals surface area contributed by atoms with Crippen LogP contribution in [-0.2, 0) is 4.79 Å². The number of aliphatic hydroxyl groups excluding tert-OH is 1. The van der Waals surface area contributed by atoms with Gasteiger partial charge in [0.2, 0.25) is 12.7 Å². The van der Waals surface area contributed by atoms with Gasteiger partial charge in [0.1, 0.15) is 0 Å². The maximum absolute atomic E-state index is 11.6. The number of aliphatic hydroxyl groups is 1. The first-order valence-electron chi connectivity index (χ1n) is 6.78. The summed E-state index contributed by atoms with van der Waals surface area (Å²) in [6.45, 7) is 0.251. The zero-order chi connectivity index (χ0) is 13.7. The van der Waals surface area contributed by atoms with Crippen LogP contribution in [0.1, 0.15) is 17.9 Å². The van der Waals surface area contributed by atoms with Gasteiger partial charge in [-0.1, -0.05) is 18.2 Å². The molecule has 0 spiro atoms. The Morgan fingerprint density at radius 3 is 2.95 bits per heavy atom. The molecule has 5 nitrogen and oxygen atoms in total. The molecule has 2 N–H and O–H groups in total. The molecule has 1 aromatic carbocycles. The van der Waals surface area contributed by atoms with E-state index in [4.69, 9.17) is 9.47 Å². The van der Waals surface area contributed by atoms with Crippen LogP contribution in [-0.4, -0.2) is 30.0 Å². The molecule has 0 unspecified atom stereocenters. The second kappa shape index (κ2) is 4.24. The molecule has 5 heteroatoms. The summed E-state index contributed by atoms with van der Waals surface area (Å²) in [6.07, 6.45) is 3.59. The highest BCUT2D eigenvalue weighted by Crippen LogP contribution is 2.40. The molecule has 4 atom stereocenters. The van der Waals surface area contributed by atoms with Crippen molar-refractivity contribution in [3.8, 4) is 11.5 Å². The van der Waals surface area contributed by atoms with E-state index in [1.807, 2.05) is 24.3 Å². The zero-order valence-corrected chi connectivity index (χ0v) is 10.8. The summed E-state index contributed by atoms with van der Waals surface area (Å²) in [4.78, 5) is 11.6. The number of benzene rings is 1. The lowest BCUT2D eigenvalue weighted by atomic mass is 9.77. The van der Waals surface area contributed by atoms with Gasteiger partial charge in [-0.05, 0) is 17.7 Å². The van der Waals surface area contributed by atoms with Gasteiger partial charge in [-0.2, -0.15) is 0 Å². The first kappa shape index (κ1) is 11.8. The number of rotatable bonds is 1. The largest absolute Gasteiger partial charge is 0.454 e. The third kappa shape index (κ3) is 1.70. The number of hydrogen-bond donors (Lipinski definition) is 2. The average molecular weight is 273 g/mol. The van der Waals surface area contributed by atoms with Gasteiger partial charge in [0.25, 0.3) is 0 Å². The molecular formula is C15H15NO4. The third-order valence-corrected chi connectivity index (χ3v) is 4.33. The van der Waals surface area contributed by atoms with Crippen LogP contribution < -0.4 is 14.8 Å². The fourth-order valence-corrected chi connectivity index (χ4v) is 3.32. The molecule has 1 amide bonds. The minimum atomic E-state index is -0.552. The number of nitrogens with one attached hydrogen (secondary N) is 1. The topological polar surface area (TPSA) is 67.8 Å². The van der Waals surface area contributed by atoms with Crippen LogP contribution in [0, 0.1) is 5.92 Å². The lowest BCUT2D eigenvalue weighted by Gasteiger charge is -2.32. The zero-order valence-electron chi connectivity index (χ0n) is 10.8. The molecule has 1 fully saturated rings. The van der Waals surface area contributed by atoms with E-state index in [2.05, 4.69) is 5.32 Å². The van der Waals surface area contributed by atoms with Crippen LogP contribution in [0.25, 0.3) is 0 Å². The summed E-state index contributed by atoms with van der Waals surface area (Å²) in [6, 6.07) is 5.78. The van der Waals surface area contributed by atoms with E-state index in [1.54, 1.807) is 6.08 Å². The number of hydrogen-bond acceptors (Lipinski definition) is 4. The highest BCUT2D eigenvalue weighted by atomic mass is 16.7. The van der Waals surface area contributed by atoms with Gasteiger partial charge in [0, 0.05) is 24.3 Å². The minimum Gasteiger partial charge on any atom is -0.454 e. The average Bonchev–Trinajstić information content (AvgIpc) is 3.04. The minimum absolute atomic E-state index is 0.00786. The number of fused-ring (bicyclic) bond motifs is 2. The number of amides is 1. The fourth-order valence-electron chi connectivity index (χ4n) is 3.32. The van der Waals surface area contributed by atoms with E-state index in [0.717, 1.165) is 17.1 Å². The van der Waals surface area contributed by atoms with Gasteiger partial charge in [0.05, 0.1) is 6.10 Å². The van der Waals surface area contributed by atoms with Crippen LogP contribution >= 0.6 is 0 Å². The Bertz CT molecular complexity index is 598. The van der Waals surface area contributed by atoms with Crippen molar-refractivity contribution in [1.29, 1.82) is 0 Å². The maximum Gasteiger partial charge on any atom is 0.231 e. The summed E-state index contributed by atoms with van der Waals surface area (Å²) in [5.41, 5.74) is 1.06. The quantitative estimate of drug-likeness (QED) is 0.747. The third-order valence-electron chi connectivity index (χ3n) is 4.33. The van der Waals surface area contributed by atoms with Crippen LogP contribution in [0.2, 0.25) is 0 Å². The Hall–Kier alpha value is -2.01. The Morgan fingerprint density at radius 2 is 2.05 bits per heavy atom. The number of carbonyl (C=O) groups is 1. The highest BCUT2D eigenvalue weighted by molar-refractivity contribution is 5.79. The molecule has 4 rings (SSSR count). The van der Waals surface area contributed by atoms with E-state index in [0.29, 0.717) is 6.42 Å². The van der Waals surface area contributed by atoms with Crippen LogP contribution in [0.15, 0.2) is 30.4 Å². The predicted octanol–water partition coefficient (Wildman–Crippen LogP) is 0.934. The van der Waals surface area contributed by atoms with Gasteiger partial charge < -0.3 is 19.9 Å². The van der Waals surface area contributed by atoms with Crippen molar-refractivity contribution in [2.24, 2.45) is 5.92 Å². The molecule has 104 valence electrons. The lowest BCUT2D eigenvalue weighted by molar-refractivity contribution is -0.119. The standard InChI is InChI=1S/C15H15NO4/c17-11-3-2-9(15-10(11)6-14(18)16-15)8-1-4-12-13(5-8)20-7-19-12/h1-5,9-11,15,17H,6-7H2,(H,16,18)/t9-,10+,11+,15-/m0/s1. The summed E-state index contributed by atoms with van der Waals surface area (Å²) >= 11 is 0. The normalized spacial score (nSPS) is 34.0. The van der Waals surface area contributed by atoms with E-state index < -0.39 is 6.10 Å². The van der Waals surface area contributed by atoms with Crippen LogP contribution in [0.5, 0.6) is 11.5 Å². The fraction of sp³-hybridized carbons (Fsp3) is 0.400. The molecule has 2 aliphatic heterocycles. The van der Waals surface area contributed by atoms with E-state index >= 15 is 0 Å². The van der Waals surface area contributed by atoms with Gasteiger partial charge >= 0.3 is 0 Å². The molecular weight excluding hydrogens is 258 g/mol. The summed E-state index contributed by atoms with van der Waals surface area (Å²) in [5, 5.41) is 13.0. The van der Waals surface area contributed by atoms with Crippen molar-refractivity contribution in [3.63, 3.8) is 0 Å². The van der Waals surface area contributed by atoms with E-state index in [9.17, 15) is 9.90 Å². The van der Waals surface area contributed by atoms with Crippen molar-refractivity contribution in [1.82, 2.24) is 5.32 Å². The van der Waals surface area contributed by atoms with Crippen LogP contribution in [0.3, 0.4) is 0 Å². The SMILES string of the molecule is O=C1C[C@H]2[C@@H](N1)[C@H](c1ccc3c(c1)OCO3)C=C[C@H]2O. The molecule has 2 heterocycles. The first-order chi connectivity index (χ1) is 9.72. The summed E-state index contributed by atoms with van der Waals surface area (Å²) in [7, 11) is 0. The molecule has 0 bridgehead atoms. The van der Waals surface area contributed by atoms with Gasteiger partial charge in [-0.25, -0.2) is 0 Å². The Labute approximate surface area is 116 Å². The molecule has 0 aromatic heterocycles.